The van der Waals surface area contributed by atoms with E-state index in [2.05, 4.69) is 19.0 Å². The monoisotopic (exact) mass is 297 g/mol. The summed E-state index contributed by atoms with van der Waals surface area (Å²) in [6.45, 7) is 3.36. The van der Waals surface area contributed by atoms with Crippen LogP contribution in [0.1, 0.15) is 18.9 Å². The van der Waals surface area contributed by atoms with E-state index in [0.717, 1.165) is 25.1 Å². The Kier molecular flexibility index (Phi) is 5.57. The summed E-state index contributed by atoms with van der Waals surface area (Å²) in [6.07, 6.45) is 1.02. The zero-order chi connectivity index (χ0) is 14.0. The third-order valence-electron chi connectivity index (χ3n) is 4.00. The molecule has 1 aromatic rings. The number of rotatable bonds is 3. The highest BCUT2D eigenvalue weighted by molar-refractivity contribution is 5.87. The Balaban J connectivity index is 0.00000200. The molecule has 0 aromatic heterocycles. The van der Waals surface area contributed by atoms with Crippen molar-refractivity contribution in [2.24, 2.45) is 5.73 Å². The van der Waals surface area contributed by atoms with Gasteiger partial charge in [-0.3, -0.25) is 4.79 Å². The maximum Gasteiger partial charge on any atom is 0.247 e. The lowest BCUT2D eigenvalue weighted by Gasteiger charge is -2.30. The highest BCUT2D eigenvalue weighted by Crippen LogP contribution is 2.23. The molecule has 2 N–H and O–H groups in total. The van der Waals surface area contributed by atoms with Gasteiger partial charge in [-0.15, -0.1) is 12.4 Å². The van der Waals surface area contributed by atoms with Crippen LogP contribution in [-0.2, 0) is 10.3 Å². The Morgan fingerprint density at radius 2 is 1.95 bits per heavy atom. The first-order chi connectivity index (χ1) is 8.93. The normalized spacial score (nSPS) is 21.4. The molecule has 1 saturated heterocycles. The number of likely N-dealkylation sites (N-methyl/N-ethyl adjacent to an activating group) is 1. The fourth-order valence-corrected chi connectivity index (χ4v) is 2.58. The minimum absolute atomic E-state index is 0. The van der Waals surface area contributed by atoms with Gasteiger partial charge < -0.3 is 15.5 Å². The molecule has 1 heterocycles. The number of benzene rings is 1. The van der Waals surface area contributed by atoms with E-state index in [9.17, 15) is 4.79 Å². The molecular weight excluding hydrogens is 274 g/mol. The van der Waals surface area contributed by atoms with Crippen LogP contribution in [-0.4, -0.2) is 48.9 Å². The number of hydrogen-bond donors (Lipinski definition) is 1. The summed E-state index contributed by atoms with van der Waals surface area (Å²) in [4.78, 5) is 16.7. The topological polar surface area (TPSA) is 49.6 Å². The summed E-state index contributed by atoms with van der Waals surface area (Å²) in [5, 5.41) is 0. The number of nitrogens with zero attached hydrogens (tertiary/aromatic N) is 2. The number of likely N-dealkylation sites (tertiary alicyclic amines) is 1. The molecule has 0 saturated carbocycles. The van der Waals surface area contributed by atoms with Crippen LogP contribution in [0.2, 0.25) is 0 Å². The van der Waals surface area contributed by atoms with E-state index in [4.69, 9.17) is 5.73 Å². The van der Waals surface area contributed by atoms with Gasteiger partial charge in [0.2, 0.25) is 5.91 Å². The molecule has 1 fully saturated rings. The first-order valence-corrected chi connectivity index (χ1v) is 6.73. The smallest absolute Gasteiger partial charge is 0.247 e. The Morgan fingerprint density at radius 3 is 2.45 bits per heavy atom. The van der Waals surface area contributed by atoms with Crippen molar-refractivity contribution in [1.29, 1.82) is 0 Å². The molecule has 1 amide bonds. The van der Waals surface area contributed by atoms with Crippen molar-refractivity contribution >= 4 is 18.3 Å². The van der Waals surface area contributed by atoms with Crippen LogP contribution in [0, 0.1) is 0 Å². The molecule has 0 bridgehead atoms. The molecule has 112 valence electrons. The van der Waals surface area contributed by atoms with Crippen LogP contribution in [0.15, 0.2) is 30.3 Å². The summed E-state index contributed by atoms with van der Waals surface area (Å²) in [5.74, 6) is 0.0167. The SMILES string of the molecule is CN(C)C1CCN(C(=O)C(C)(N)c2ccccc2)C1.Cl. The zero-order valence-corrected chi connectivity index (χ0v) is 13.2. The number of carbonyl (C=O) groups is 1. The summed E-state index contributed by atoms with van der Waals surface area (Å²) in [6, 6.07) is 10.0. The van der Waals surface area contributed by atoms with E-state index in [-0.39, 0.29) is 18.3 Å². The summed E-state index contributed by atoms with van der Waals surface area (Å²) in [7, 11) is 4.11. The lowest BCUT2D eigenvalue weighted by Crippen LogP contribution is -2.50. The molecule has 5 heteroatoms. The molecule has 0 spiro atoms. The molecule has 2 rings (SSSR count). The van der Waals surface area contributed by atoms with Crippen molar-refractivity contribution in [3.8, 4) is 0 Å². The number of nitrogens with two attached hydrogens (primary N) is 1. The van der Waals surface area contributed by atoms with Crippen LogP contribution in [0.25, 0.3) is 0 Å². The number of amides is 1. The van der Waals surface area contributed by atoms with Gasteiger partial charge in [-0.1, -0.05) is 30.3 Å². The fourth-order valence-electron chi connectivity index (χ4n) is 2.58. The Bertz CT molecular complexity index is 448. The second-order valence-electron chi connectivity index (χ2n) is 5.73. The molecule has 0 radical (unpaired) electrons. The average Bonchev–Trinajstić information content (AvgIpc) is 2.88. The number of hydrogen-bond acceptors (Lipinski definition) is 3. The predicted molar refractivity (Wildman–Crippen MR) is 83.9 cm³/mol. The van der Waals surface area contributed by atoms with E-state index < -0.39 is 5.54 Å². The third-order valence-corrected chi connectivity index (χ3v) is 4.00. The van der Waals surface area contributed by atoms with Crippen molar-refractivity contribution < 1.29 is 4.79 Å². The number of carbonyl (C=O) groups excluding carboxylic acids is 1. The van der Waals surface area contributed by atoms with Gasteiger partial charge in [0.25, 0.3) is 0 Å². The van der Waals surface area contributed by atoms with Crippen LogP contribution in [0.3, 0.4) is 0 Å². The third kappa shape index (κ3) is 3.32. The molecule has 1 aromatic carbocycles. The number of halogens is 1. The largest absolute Gasteiger partial charge is 0.339 e. The van der Waals surface area contributed by atoms with Crippen molar-refractivity contribution in [2.75, 3.05) is 27.2 Å². The van der Waals surface area contributed by atoms with E-state index in [0.29, 0.717) is 6.04 Å². The van der Waals surface area contributed by atoms with Gasteiger partial charge in [-0.25, -0.2) is 0 Å². The van der Waals surface area contributed by atoms with Gasteiger partial charge in [0.15, 0.2) is 0 Å². The van der Waals surface area contributed by atoms with E-state index in [1.807, 2.05) is 35.2 Å². The lowest BCUT2D eigenvalue weighted by atomic mass is 9.92. The highest BCUT2D eigenvalue weighted by Gasteiger charge is 2.37. The van der Waals surface area contributed by atoms with Crippen molar-refractivity contribution in [3.05, 3.63) is 35.9 Å². The van der Waals surface area contributed by atoms with Crippen LogP contribution in [0.5, 0.6) is 0 Å². The van der Waals surface area contributed by atoms with E-state index >= 15 is 0 Å². The van der Waals surface area contributed by atoms with Crippen LogP contribution in [0.4, 0.5) is 0 Å². The van der Waals surface area contributed by atoms with Gasteiger partial charge in [0.05, 0.1) is 0 Å². The maximum atomic E-state index is 12.6. The van der Waals surface area contributed by atoms with Crippen molar-refractivity contribution in [3.63, 3.8) is 0 Å². The Morgan fingerprint density at radius 1 is 1.35 bits per heavy atom. The predicted octanol–water partition coefficient (Wildman–Crippen LogP) is 1.44. The molecule has 0 aliphatic carbocycles. The van der Waals surface area contributed by atoms with Crippen LogP contribution < -0.4 is 5.73 Å². The van der Waals surface area contributed by atoms with Crippen LogP contribution >= 0.6 is 12.4 Å². The lowest BCUT2D eigenvalue weighted by molar-refractivity contribution is -0.135. The first-order valence-electron chi connectivity index (χ1n) is 6.73. The second kappa shape index (κ2) is 6.57. The zero-order valence-electron chi connectivity index (χ0n) is 12.4. The summed E-state index contributed by atoms with van der Waals surface area (Å²) >= 11 is 0. The molecular formula is C15H24ClN3O. The van der Waals surface area contributed by atoms with Gasteiger partial charge in [0, 0.05) is 19.1 Å². The minimum Gasteiger partial charge on any atom is -0.339 e. The maximum absolute atomic E-state index is 12.6. The van der Waals surface area contributed by atoms with Gasteiger partial charge in [0.1, 0.15) is 5.54 Å². The molecule has 2 atom stereocenters. The Hall–Kier alpha value is -1.10. The molecule has 1 aliphatic heterocycles. The molecule has 1 aliphatic rings. The van der Waals surface area contributed by atoms with Crippen molar-refractivity contribution in [2.45, 2.75) is 24.9 Å². The van der Waals surface area contributed by atoms with E-state index in [1.54, 1.807) is 6.92 Å². The standard InChI is InChI=1S/C15H23N3O.ClH/c1-15(16,12-7-5-4-6-8-12)14(19)18-10-9-13(11-18)17(2)3;/h4-8,13H,9-11,16H2,1-3H3;1H. The summed E-state index contributed by atoms with van der Waals surface area (Å²) < 4.78 is 0. The summed E-state index contributed by atoms with van der Waals surface area (Å²) in [5.41, 5.74) is 6.20. The van der Waals surface area contributed by atoms with Gasteiger partial charge in [-0.2, -0.15) is 0 Å². The average molecular weight is 298 g/mol. The van der Waals surface area contributed by atoms with Crippen molar-refractivity contribution in [1.82, 2.24) is 9.80 Å². The Labute approximate surface area is 127 Å². The molecule has 2 unspecified atom stereocenters. The minimum atomic E-state index is -0.942. The molecule has 20 heavy (non-hydrogen) atoms. The van der Waals surface area contributed by atoms with Gasteiger partial charge in [-0.05, 0) is 33.0 Å². The first kappa shape index (κ1) is 17.0. The van der Waals surface area contributed by atoms with Gasteiger partial charge >= 0.3 is 0 Å². The molecule has 4 nitrogen and oxygen atoms in total. The second-order valence-corrected chi connectivity index (χ2v) is 5.73. The highest BCUT2D eigenvalue weighted by atomic mass is 35.5. The fraction of sp³-hybridized carbons (Fsp3) is 0.533. The van der Waals surface area contributed by atoms with E-state index in [1.165, 1.54) is 0 Å². The quantitative estimate of drug-likeness (QED) is 0.918.